The number of carbonyl (C=O) groups is 1. The molecule has 1 aliphatic heterocycles. The topological polar surface area (TPSA) is 81.9 Å². The molecule has 0 amide bonds. The first kappa shape index (κ1) is 17.4. The summed E-state index contributed by atoms with van der Waals surface area (Å²) < 4.78 is 10.5. The maximum absolute atomic E-state index is 11.6. The van der Waals surface area contributed by atoms with Gasteiger partial charge in [-0.2, -0.15) is 0 Å². The lowest BCUT2D eigenvalue weighted by Crippen LogP contribution is -2.40. The number of anilines is 1. The number of nitrogens with zero attached hydrogens (tertiary/aromatic N) is 2. The van der Waals surface area contributed by atoms with Crippen molar-refractivity contribution >= 4 is 23.4 Å². The molecule has 0 radical (unpaired) electrons. The molecule has 1 aromatic rings. The van der Waals surface area contributed by atoms with Crippen molar-refractivity contribution in [1.82, 2.24) is 0 Å². The van der Waals surface area contributed by atoms with E-state index in [-0.39, 0.29) is 22.8 Å². The minimum Gasteiger partial charge on any atom is -0.466 e. The summed E-state index contributed by atoms with van der Waals surface area (Å²) in [7, 11) is 1.29. The fraction of sp³-hybridized carbons (Fsp3) is 0.500. The molecule has 0 unspecified atom stereocenters. The predicted octanol–water partition coefficient (Wildman–Crippen LogP) is 2.93. The van der Waals surface area contributed by atoms with E-state index in [4.69, 9.17) is 4.74 Å². The zero-order valence-corrected chi connectivity index (χ0v) is 14.2. The second kappa shape index (κ2) is 7.65. The van der Waals surface area contributed by atoms with Crippen molar-refractivity contribution in [3.05, 3.63) is 40.0 Å². The van der Waals surface area contributed by atoms with Crippen molar-refractivity contribution in [3.8, 4) is 0 Å². The van der Waals surface area contributed by atoms with Crippen molar-refractivity contribution < 1.29 is 19.2 Å². The van der Waals surface area contributed by atoms with E-state index in [1.54, 1.807) is 12.1 Å². The van der Waals surface area contributed by atoms with E-state index < -0.39 is 5.97 Å². The number of carbonyl (C=O) groups excluding carboxylic acids is 1. The van der Waals surface area contributed by atoms with Gasteiger partial charge >= 0.3 is 5.97 Å². The van der Waals surface area contributed by atoms with Crippen molar-refractivity contribution in [2.75, 3.05) is 25.2 Å². The van der Waals surface area contributed by atoms with E-state index in [0.717, 1.165) is 32.2 Å². The van der Waals surface area contributed by atoms with Gasteiger partial charge < -0.3 is 14.4 Å². The number of methoxy groups -OCH3 is 1. The van der Waals surface area contributed by atoms with Gasteiger partial charge in [-0.1, -0.05) is 6.07 Å². The molecule has 0 bridgehead atoms. The predicted molar refractivity (Wildman–Crippen MR) is 93.5 cm³/mol. The average Bonchev–Trinajstić information content (AvgIpc) is 2.99. The normalized spacial score (nSPS) is 23.3. The summed E-state index contributed by atoms with van der Waals surface area (Å²) in [5.41, 5.74) is 1.28. The molecule has 2 fully saturated rings. The second-order valence-corrected chi connectivity index (χ2v) is 6.32. The summed E-state index contributed by atoms with van der Waals surface area (Å²) in [4.78, 5) is 24.6. The molecular formula is C18H22N2O5. The monoisotopic (exact) mass is 346 g/mol. The average molecular weight is 346 g/mol. The van der Waals surface area contributed by atoms with Crippen LogP contribution in [0.15, 0.2) is 24.3 Å². The third-order valence-electron chi connectivity index (χ3n) is 4.81. The van der Waals surface area contributed by atoms with E-state index >= 15 is 0 Å². The number of hydrogen-bond acceptors (Lipinski definition) is 6. The molecule has 25 heavy (non-hydrogen) atoms. The minimum atomic E-state index is -0.495. The van der Waals surface area contributed by atoms with Crippen LogP contribution in [0.4, 0.5) is 11.4 Å². The molecule has 2 aliphatic rings. The number of rotatable bonds is 4. The van der Waals surface area contributed by atoms with Crippen molar-refractivity contribution in [2.24, 2.45) is 0 Å². The van der Waals surface area contributed by atoms with Gasteiger partial charge in [0.1, 0.15) is 5.69 Å². The molecule has 0 N–H and O–H groups in total. The molecule has 7 heteroatoms. The number of fused-ring (bicyclic) bond motifs is 1. The van der Waals surface area contributed by atoms with E-state index in [0.29, 0.717) is 17.9 Å². The molecular weight excluding hydrogens is 324 g/mol. The fourth-order valence-corrected chi connectivity index (χ4v) is 3.66. The maximum Gasteiger partial charge on any atom is 0.330 e. The lowest BCUT2D eigenvalue weighted by molar-refractivity contribution is -0.384. The molecule has 3 rings (SSSR count). The Labute approximate surface area is 146 Å². The SMILES string of the molecule is COC(=O)/C=C\c1ccc(N2CCCO[C@@H]3CCC[C@H]32)c([N+](=O)[O-])c1. The van der Waals surface area contributed by atoms with Crippen LogP contribution in [0, 0.1) is 10.1 Å². The lowest BCUT2D eigenvalue weighted by atomic mass is 10.1. The molecule has 2 atom stereocenters. The highest BCUT2D eigenvalue weighted by Gasteiger charge is 2.37. The van der Waals surface area contributed by atoms with Crippen LogP contribution in [-0.4, -0.2) is 43.3 Å². The maximum atomic E-state index is 11.6. The molecule has 0 spiro atoms. The summed E-state index contributed by atoms with van der Waals surface area (Å²) in [5.74, 6) is -0.495. The number of nitro groups is 1. The van der Waals surface area contributed by atoms with E-state index in [2.05, 4.69) is 9.64 Å². The van der Waals surface area contributed by atoms with Gasteiger partial charge in [-0.3, -0.25) is 10.1 Å². The standard InChI is InChI=1S/C18H22N2O5/c1-24-18(21)9-7-13-6-8-14(16(12-13)20(22)23)19-10-3-11-25-17-5-2-4-15(17)19/h6-9,12,15,17H,2-5,10-11H2,1H3/b9-7-/t15-,17-/m1/s1. The highest BCUT2D eigenvalue weighted by molar-refractivity contribution is 5.87. The Bertz CT molecular complexity index is 688. The van der Waals surface area contributed by atoms with Gasteiger partial charge in [-0.25, -0.2) is 4.79 Å². The van der Waals surface area contributed by atoms with Crippen LogP contribution in [-0.2, 0) is 14.3 Å². The Morgan fingerprint density at radius 1 is 1.40 bits per heavy atom. The van der Waals surface area contributed by atoms with Gasteiger partial charge in [-0.15, -0.1) is 0 Å². The van der Waals surface area contributed by atoms with Crippen LogP contribution in [0.3, 0.4) is 0 Å². The van der Waals surface area contributed by atoms with Crippen LogP contribution in [0.2, 0.25) is 0 Å². The van der Waals surface area contributed by atoms with Gasteiger partial charge in [0, 0.05) is 25.3 Å². The number of esters is 1. The third-order valence-corrected chi connectivity index (χ3v) is 4.81. The fourth-order valence-electron chi connectivity index (χ4n) is 3.66. The van der Waals surface area contributed by atoms with Crippen molar-refractivity contribution in [2.45, 2.75) is 37.8 Å². The Balaban J connectivity index is 1.93. The molecule has 1 heterocycles. The van der Waals surface area contributed by atoms with E-state index in [1.165, 1.54) is 25.3 Å². The first-order valence-electron chi connectivity index (χ1n) is 8.53. The zero-order chi connectivity index (χ0) is 17.8. The van der Waals surface area contributed by atoms with Gasteiger partial charge in [0.25, 0.3) is 5.69 Å². The van der Waals surface area contributed by atoms with Crippen molar-refractivity contribution in [1.29, 1.82) is 0 Å². The number of hydrogen-bond donors (Lipinski definition) is 0. The quantitative estimate of drug-likeness (QED) is 0.361. The summed E-state index contributed by atoms with van der Waals surface area (Å²) >= 11 is 0. The van der Waals surface area contributed by atoms with Crippen LogP contribution in [0.5, 0.6) is 0 Å². The Kier molecular flexibility index (Phi) is 5.33. The minimum absolute atomic E-state index is 0.0552. The molecule has 1 saturated heterocycles. The highest BCUT2D eigenvalue weighted by Crippen LogP contribution is 2.37. The van der Waals surface area contributed by atoms with Crippen LogP contribution in [0.1, 0.15) is 31.2 Å². The lowest BCUT2D eigenvalue weighted by Gasteiger charge is -2.31. The summed E-state index contributed by atoms with van der Waals surface area (Å²) in [5, 5.41) is 11.6. The van der Waals surface area contributed by atoms with Gasteiger partial charge in [0.2, 0.25) is 0 Å². The molecule has 1 aromatic carbocycles. The van der Waals surface area contributed by atoms with Crippen molar-refractivity contribution in [3.63, 3.8) is 0 Å². The van der Waals surface area contributed by atoms with E-state index in [9.17, 15) is 14.9 Å². The second-order valence-electron chi connectivity index (χ2n) is 6.32. The number of benzene rings is 1. The summed E-state index contributed by atoms with van der Waals surface area (Å²) in [6.45, 7) is 1.45. The molecule has 134 valence electrons. The highest BCUT2D eigenvalue weighted by atomic mass is 16.6. The Hall–Kier alpha value is -2.41. The summed E-state index contributed by atoms with van der Waals surface area (Å²) in [6.07, 6.45) is 6.87. The first-order chi connectivity index (χ1) is 12.1. The van der Waals surface area contributed by atoms with Gasteiger partial charge in [0.15, 0.2) is 0 Å². The Morgan fingerprint density at radius 3 is 3.00 bits per heavy atom. The van der Waals surface area contributed by atoms with E-state index in [1.807, 2.05) is 0 Å². The Morgan fingerprint density at radius 2 is 2.24 bits per heavy atom. The molecule has 7 nitrogen and oxygen atoms in total. The molecule has 1 saturated carbocycles. The van der Waals surface area contributed by atoms with Crippen LogP contribution < -0.4 is 4.90 Å². The zero-order valence-electron chi connectivity index (χ0n) is 14.2. The first-order valence-corrected chi connectivity index (χ1v) is 8.53. The largest absolute Gasteiger partial charge is 0.466 e. The van der Waals surface area contributed by atoms with Crippen LogP contribution in [0.25, 0.3) is 6.08 Å². The number of nitro benzene ring substituents is 1. The van der Waals surface area contributed by atoms with Gasteiger partial charge in [-0.05, 0) is 43.4 Å². The van der Waals surface area contributed by atoms with Gasteiger partial charge in [0.05, 0.1) is 24.2 Å². The smallest absolute Gasteiger partial charge is 0.330 e. The third kappa shape index (κ3) is 3.82. The van der Waals surface area contributed by atoms with Crippen LogP contribution >= 0.6 is 0 Å². The molecule has 1 aliphatic carbocycles. The molecule has 0 aromatic heterocycles. The summed E-state index contributed by atoms with van der Waals surface area (Å²) in [6, 6.07) is 5.26. The number of ether oxygens (including phenoxy) is 2.